The number of primary amides is 1. The van der Waals surface area contributed by atoms with E-state index in [9.17, 15) is 28.4 Å². The maximum atomic E-state index is 13.5. The highest BCUT2D eigenvalue weighted by molar-refractivity contribution is 5.98. The van der Waals surface area contributed by atoms with E-state index in [1.807, 2.05) is 0 Å². The molecular formula is C18H18FN3O7. The molecule has 0 radical (unpaired) electrons. The predicted octanol–water partition coefficient (Wildman–Crippen LogP) is 0.338. The Bertz CT molecular complexity index is 1090. The number of rotatable bonds is 8. The van der Waals surface area contributed by atoms with Gasteiger partial charge in [-0.2, -0.15) is 0 Å². The molecule has 10 nitrogen and oxygen atoms in total. The summed E-state index contributed by atoms with van der Waals surface area (Å²) < 4.78 is 24.6. The number of carbonyl (C=O) groups excluding carboxylic acids is 3. The van der Waals surface area contributed by atoms with E-state index in [-0.39, 0.29) is 23.4 Å². The molecule has 0 unspecified atom stereocenters. The minimum absolute atomic E-state index is 0.0967. The van der Waals surface area contributed by atoms with Gasteiger partial charge < -0.3 is 15.2 Å². The second kappa shape index (κ2) is 8.95. The monoisotopic (exact) mass is 407 g/mol. The van der Waals surface area contributed by atoms with Crippen LogP contribution in [0.15, 0.2) is 34.0 Å². The van der Waals surface area contributed by atoms with Gasteiger partial charge in [0.25, 0.3) is 5.56 Å². The number of halogens is 1. The van der Waals surface area contributed by atoms with Gasteiger partial charge in [0.15, 0.2) is 11.6 Å². The van der Waals surface area contributed by atoms with Gasteiger partial charge in [-0.05, 0) is 25.1 Å². The smallest absolute Gasteiger partial charge is 0.404 e. The summed E-state index contributed by atoms with van der Waals surface area (Å²) in [7, 11) is 1.29. The lowest BCUT2D eigenvalue weighted by molar-refractivity contribution is 0.0960. The van der Waals surface area contributed by atoms with Gasteiger partial charge >= 0.3 is 11.8 Å². The summed E-state index contributed by atoms with van der Waals surface area (Å²) in [5, 5.41) is 0. The zero-order valence-electron chi connectivity index (χ0n) is 15.6. The number of ether oxygens (including phenoxy) is 2. The second-order valence-corrected chi connectivity index (χ2v) is 5.90. The number of nitrogens with two attached hydrogens (primary N) is 1. The SMILES string of the molecule is COc1ccc(F)cc1C(=O)Cn1cc(C(C)=O)c(=O)n(CCOC(N)=O)c1=O. The van der Waals surface area contributed by atoms with Gasteiger partial charge in [-0.3, -0.25) is 23.5 Å². The van der Waals surface area contributed by atoms with E-state index in [1.54, 1.807) is 0 Å². The lowest BCUT2D eigenvalue weighted by atomic mass is 10.1. The normalized spacial score (nSPS) is 10.4. The van der Waals surface area contributed by atoms with Crippen LogP contribution in [0.5, 0.6) is 5.75 Å². The molecule has 2 N–H and O–H groups in total. The number of methoxy groups -OCH3 is 1. The van der Waals surface area contributed by atoms with Crippen molar-refractivity contribution in [1.29, 1.82) is 0 Å². The fourth-order valence-electron chi connectivity index (χ4n) is 2.58. The van der Waals surface area contributed by atoms with Crippen LogP contribution in [0.1, 0.15) is 27.6 Å². The van der Waals surface area contributed by atoms with E-state index in [1.165, 1.54) is 13.2 Å². The van der Waals surface area contributed by atoms with Gasteiger partial charge in [-0.1, -0.05) is 0 Å². The fraction of sp³-hybridized carbons (Fsp3) is 0.278. The topological polar surface area (TPSA) is 140 Å². The van der Waals surface area contributed by atoms with E-state index >= 15 is 0 Å². The molecular weight excluding hydrogens is 389 g/mol. The molecule has 1 amide bonds. The highest BCUT2D eigenvalue weighted by Gasteiger charge is 2.19. The first-order chi connectivity index (χ1) is 13.6. The van der Waals surface area contributed by atoms with Crippen LogP contribution < -0.4 is 21.7 Å². The number of carbonyl (C=O) groups is 3. The van der Waals surface area contributed by atoms with Crippen molar-refractivity contribution in [3.05, 3.63) is 62.2 Å². The molecule has 0 spiro atoms. The quantitative estimate of drug-likeness (QED) is 0.622. The average Bonchev–Trinajstić information content (AvgIpc) is 2.65. The number of hydrogen-bond acceptors (Lipinski definition) is 7. The van der Waals surface area contributed by atoms with E-state index < -0.39 is 47.9 Å². The lowest BCUT2D eigenvalue weighted by Gasteiger charge is -2.13. The van der Waals surface area contributed by atoms with Gasteiger partial charge in [0, 0.05) is 6.20 Å². The molecule has 154 valence electrons. The first kappa shape index (κ1) is 21.5. The van der Waals surface area contributed by atoms with Crippen LogP contribution >= 0.6 is 0 Å². The molecule has 0 bridgehead atoms. The van der Waals surface area contributed by atoms with E-state index in [4.69, 9.17) is 10.5 Å². The van der Waals surface area contributed by atoms with Crippen molar-refractivity contribution in [3.8, 4) is 5.75 Å². The Morgan fingerprint density at radius 2 is 1.86 bits per heavy atom. The Labute approximate surface area is 163 Å². The number of ketones is 2. The third-order valence-electron chi connectivity index (χ3n) is 3.95. The van der Waals surface area contributed by atoms with E-state index in [0.717, 1.165) is 29.8 Å². The number of hydrogen-bond donors (Lipinski definition) is 1. The molecule has 11 heteroatoms. The molecule has 0 aliphatic heterocycles. The van der Waals surface area contributed by atoms with Gasteiger partial charge in [0.2, 0.25) is 0 Å². The molecule has 0 aliphatic rings. The number of Topliss-reactive ketones (excluding diaryl/α,β-unsaturated/α-hetero) is 2. The van der Waals surface area contributed by atoms with Crippen molar-refractivity contribution in [2.75, 3.05) is 13.7 Å². The molecule has 0 saturated heterocycles. The van der Waals surface area contributed by atoms with Crippen molar-refractivity contribution in [2.24, 2.45) is 5.73 Å². The van der Waals surface area contributed by atoms with E-state index in [0.29, 0.717) is 4.57 Å². The van der Waals surface area contributed by atoms with Crippen molar-refractivity contribution in [1.82, 2.24) is 9.13 Å². The summed E-state index contributed by atoms with van der Waals surface area (Å²) in [5.41, 5.74) is 2.56. The Morgan fingerprint density at radius 1 is 1.17 bits per heavy atom. The second-order valence-electron chi connectivity index (χ2n) is 5.90. The molecule has 1 aromatic heterocycles. The standard InChI is InChI=1S/C18H18FN3O7/c1-10(23)13-8-21(18(27)22(16(13)25)5-6-29-17(20)26)9-14(24)12-7-11(19)3-4-15(12)28-2/h3-4,7-8H,5-6,9H2,1-2H3,(H2,20,26). The zero-order valence-corrected chi connectivity index (χ0v) is 15.6. The number of nitrogens with zero attached hydrogens (tertiary/aromatic N) is 2. The van der Waals surface area contributed by atoms with Gasteiger partial charge in [-0.25, -0.2) is 14.0 Å². The molecule has 2 aromatic rings. The Balaban J connectivity index is 2.48. The highest BCUT2D eigenvalue weighted by Crippen LogP contribution is 2.20. The van der Waals surface area contributed by atoms with Gasteiger partial charge in [-0.15, -0.1) is 0 Å². The van der Waals surface area contributed by atoms with Crippen LogP contribution in [0.3, 0.4) is 0 Å². The summed E-state index contributed by atoms with van der Waals surface area (Å²) in [4.78, 5) is 60.0. The van der Waals surface area contributed by atoms with Crippen LogP contribution in [0, 0.1) is 5.82 Å². The lowest BCUT2D eigenvalue weighted by Crippen LogP contribution is -2.44. The van der Waals surface area contributed by atoms with Crippen LogP contribution in [-0.4, -0.2) is 40.5 Å². The van der Waals surface area contributed by atoms with Crippen molar-refractivity contribution in [3.63, 3.8) is 0 Å². The number of amides is 1. The molecule has 29 heavy (non-hydrogen) atoms. The molecule has 0 saturated carbocycles. The average molecular weight is 407 g/mol. The fourth-order valence-corrected chi connectivity index (χ4v) is 2.58. The summed E-state index contributed by atoms with van der Waals surface area (Å²) in [6.07, 6.45) is -0.142. The van der Waals surface area contributed by atoms with Crippen molar-refractivity contribution in [2.45, 2.75) is 20.0 Å². The molecule has 0 fully saturated rings. The maximum Gasteiger partial charge on any atom is 0.404 e. The summed E-state index contributed by atoms with van der Waals surface area (Å²) in [6, 6.07) is 3.32. The number of aromatic nitrogens is 2. The maximum absolute atomic E-state index is 13.5. The van der Waals surface area contributed by atoms with Crippen LogP contribution in [0.2, 0.25) is 0 Å². The number of benzene rings is 1. The minimum Gasteiger partial charge on any atom is -0.496 e. The predicted molar refractivity (Wildman–Crippen MR) is 97.8 cm³/mol. The molecule has 1 heterocycles. The molecule has 0 aliphatic carbocycles. The summed E-state index contributed by atoms with van der Waals surface area (Å²) in [6.45, 7) is -0.236. The zero-order chi connectivity index (χ0) is 21.7. The molecule has 1 aromatic carbocycles. The van der Waals surface area contributed by atoms with Gasteiger partial charge in [0.05, 0.1) is 31.3 Å². The largest absolute Gasteiger partial charge is 0.496 e. The first-order valence-electron chi connectivity index (χ1n) is 8.30. The molecule has 0 atom stereocenters. The Hall–Kier alpha value is -3.76. The minimum atomic E-state index is -1.10. The third-order valence-corrected chi connectivity index (χ3v) is 3.95. The van der Waals surface area contributed by atoms with Crippen LogP contribution in [0.4, 0.5) is 9.18 Å². The first-order valence-corrected chi connectivity index (χ1v) is 8.30. The third kappa shape index (κ3) is 4.94. The van der Waals surface area contributed by atoms with Gasteiger partial charge in [0.1, 0.15) is 18.2 Å². The van der Waals surface area contributed by atoms with Crippen molar-refractivity contribution < 1.29 is 28.2 Å². The Kier molecular flexibility index (Phi) is 6.65. The van der Waals surface area contributed by atoms with E-state index in [2.05, 4.69) is 4.74 Å². The molecule has 2 rings (SSSR count). The van der Waals surface area contributed by atoms with Crippen LogP contribution in [-0.2, 0) is 17.8 Å². The van der Waals surface area contributed by atoms with Crippen molar-refractivity contribution >= 4 is 17.7 Å². The Morgan fingerprint density at radius 3 is 2.45 bits per heavy atom. The summed E-state index contributed by atoms with van der Waals surface area (Å²) >= 11 is 0. The highest BCUT2D eigenvalue weighted by atomic mass is 19.1. The summed E-state index contributed by atoms with van der Waals surface area (Å²) in [5.74, 6) is -1.90. The van der Waals surface area contributed by atoms with Crippen LogP contribution in [0.25, 0.3) is 0 Å².